The number of oxazole rings is 1. The lowest BCUT2D eigenvalue weighted by Crippen LogP contribution is -2.36. The Morgan fingerprint density at radius 2 is 1.76 bits per heavy atom. The molecule has 9 heteroatoms. The summed E-state index contributed by atoms with van der Waals surface area (Å²) in [6.45, 7) is 2.11. The largest absolute Gasteiger partial charge is 0.436 e. The molecule has 0 aliphatic carbocycles. The first-order valence-electron chi connectivity index (χ1n) is 11.9. The lowest BCUT2D eigenvalue weighted by atomic mass is 10.1. The van der Waals surface area contributed by atoms with Crippen molar-refractivity contribution < 1.29 is 18.9 Å². The number of amides is 1. The number of morpholine rings is 1. The molecule has 1 aliphatic heterocycles. The maximum atomic E-state index is 13.2. The standard InChI is InChI=1S/C28H22N4O5/c33-27(19-9-11-23(24(17-19)32(34)35)31-13-15-36-16-14-31)29-22-8-4-3-7-21(22)28-30-26-20-6-2-1-5-18(20)10-12-25(26)37-28/h1-12,17H,13-16H2,(H,29,33). The van der Waals surface area contributed by atoms with Gasteiger partial charge in [-0.1, -0.05) is 42.5 Å². The van der Waals surface area contributed by atoms with Gasteiger partial charge in [0.25, 0.3) is 11.6 Å². The number of carbonyl (C=O) groups is 1. The number of nitro benzene ring substituents is 1. The quantitative estimate of drug-likeness (QED) is 0.248. The van der Waals surface area contributed by atoms with Gasteiger partial charge in [0.2, 0.25) is 5.89 Å². The van der Waals surface area contributed by atoms with E-state index in [-0.39, 0.29) is 11.3 Å². The van der Waals surface area contributed by atoms with Gasteiger partial charge in [0.1, 0.15) is 11.2 Å². The SMILES string of the molecule is O=C(Nc1ccccc1-c1nc2c(ccc3ccccc32)o1)c1ccc(N2CCOCC2)c([N+](=O)[O-])c1. The van der Waals surface area contributed by atoms with Crippen molar-refractivity contribution >= 4 is 44.8 Å². The van der Waals surface area contributed by atoms with Crippen molar-refractivity contribution in [3.63, 3.8) is 0 Å². The van der Waals surface area contributed by atoms with Gasteiger partial charge in [-0.05, 0) is 35.7 Å². The third kappa shape index (κ3) is 4.25. The second-order valence-corrected chi connectivity index (χ2v) is 8.71. The molecule has 9 nitrogen and oxygen atoms in total. The van der Waals surface area contributed by atoms with E-state index < -0.39 is 10.8 Å². The maximum absolute atomic E-state index is 13.2. The van der Waals surface area contributed by atoms with Gasteiger partial charge in [0.15, 0.2) is 5.58 Å². The number of benzene rings is 4. The normalized spacial score (nSPS) is 13.7. The molecule has 1 saturated heterocycles. The van der Waals surface area contributed by atoms with E-state index in [0.29, 0.717) is 54.7 Å². The van der Waals surface area contributed by atoms with Gasteiger partial charge < -0.3 is 19.4 Å². The molecule has 6 rings (SSSR count). The summed E-state index contributed by atoms with van der Waals surface area (Å²) in [6, 6.07) is 23.5. The lowest BCUT2D eigenvalue weighted by molar-refractivity contribution is -0.384. The highest BCUT2D eigenvalue weighted by molar-refractivity contribution is 6.07. The Hall–Kier alpha value is -4.76. The fraction of sp³-hybridized carbons (Fsp3) is 0.143. The van der Waals surface area contributed by atoms with Crippen LogP contribution < -0.4 is 10.2 Å². The molecule has 0 radical (unpaired) electrons. The number of nitro groups is 1. The minimum absolute atomic E-state index is 0.117. The van der Waals surface area contributed by atoms with Crippen molar-refractivity contribution in [2.24, 2.45) is 0 Å². The summed E-state index contributed by atoms with van der Waals surface area (Å²) in [5, 5.41) is 16.7. The second kappa shape index (κ2) is 9.36. The van der Waals surface area contributed by atoms with E-state index in [9.17, 15) is 14.9 Å². The summed E-state index contributed by atoms with van der Waals surface area (Å²) in [5.74, 6) is -0.0958. The van der Waals surface area contributed by atoms with E-state index in [0.717, 1.165) is 16.3 Å². The second-order valence-electron chi connectivity index (χ2n) is 8.71. The van der Waals surface area contributed by atoms with Crippen LogP contribution in [0.25, 0.3) is 33.3 Å². The van der Waals surface area contributed by atoms with Crippen LogP contribution in [0.1, 0.15) is 10.4 Å². The number of ether oxygens (including phenoxy) is 1. The van der Waals surface area contributed by atoms with E-state index in [1.165, 1.54) is 6.07 Å². The zero-order chi connectivity index (χ0) is 25.4. The van der Waals surface area contributed by atoms with Crippen LogP contribution in [-0.4, -0.2) is 42.1 Å². The molecule has 1 N–H and O–H groups in total. The van der Waals surface area contributed by atoms with Crippen LogP contribution in [-0.2, 0) is 4.74 Å². The van der Waals surface area contributed by atoms with Crippen molar-refractivity contribution in [3.05, 3.63) is 94.5 Å². The molecule has 0 atom stereocenters. The van der Waals surface area contributed by atoms with Crippen LogP contribution in [0.3, 0.4) is 0 Å². The van der Waals surface area contributed by atoms with E-state index >= 15 is 0 Å². The molecule has 37 heavy (non-hydrogen) atoms. The molecule has 4 aromatic carbocycles. The molecule has 5 aromatic rings. The zero-order valence-corrected chi connectivity index (χ0v) is 19.7. The molecular weight excluding hydrogens is 472 g/mol. The Morgan fingerprint density at radius 3 is 2.59 bits per heavy atom. The Labute approximate surface area is 211 Å². The van der Waals surface area contributed by atoms with Crippen LogP contribution in [0.5, 0.6) is 0 Å². The van der Waals surface area contributed by atoms with E-state index in [4.69, 9.17) is 14.1 Å². The first-order chi connectivity index (χ1) is 18.1. The number of anilines is 2. The van der Waals surface area contributed by atoms with Gasteiger partial charge in [0, 0.05) is 30.1 Å². The summed E-state index contributed by atoms with van der Waals surface area (Å²) in [6.07, 6.45) is 0. The summed E-state index contributed by atoms with van der Waals surface area (Å²) < 4.78 is 11.4. The first kappa shape index (κ1) is 22.7. The maximum Gasteiger partial charge on any atom is 0.293 e. The van der Waals surface area contributed by atoms with Crippen LogP contribution in [0, 0.1) is 10.1 Å². The first-order valence-corrected chi connectivity index (χ1v) is 11.9. The Morgan fingerprint density at radius 1 is 0.973 bits per heavy atom. The molecular formula is C28H22N4O5. The molecule has 0 bridgehead atoms. The van der Waals surface area contributed by atoms with E-state index in [1.807, 2.05) is 53.4 Å². The third-order valence-electron chi connectivity index (χ3n) is 6.48. The Balaban J connectivity index is 1.33. The average molecular weight is 495 g/mol. The highest BCUT2D eigenvalue weighted by Crippen LogP contribution is 2.34. The fourth-order valence-corrected chi connectivity index (χ4v) is 4.63. The van der Waals surface area contributed by atoms with Crippen molar-refractivity contribution in [1.82, 2.24) is 4.98 Å². The molecule has 1 aromatic heterocycles. The number of fused-ring (bicyclic) bond motifs is 3. The molecule has 2 heterocycles. The zero-order valence-electron chi connectivity index (χ0n) is 19.7. The number of nitrogens with zero attached hydrogens (tertiary/aromatic N) is 3. The highest BCUT2D eigenvalue weighted by Gasteiger charge is 2.24. The predicted molar refractivity (Wildman–Crippen MR) is 141 cm³/mol. The van der Waals surface area contributed by atoms with Crippen molar-refractivity contribution in [1.29, 1.82) is 0 Å². The summed E-state index contributed by atoms with van der Waals surface area (Å²) in [5.41, 5.74) is 3.02. The van der Waals surface area contributed by atoms with Gasteiger partial charge in [-0.2, -0.15) is 0 Å². The molecule has 184 valence electrons. The van der Waals surface area contributed by atoms with Gasteiger partial charge in [-0.3, -0.25) is 14.9 Å². The van der Waals surface area contributed by atoms with Crippen LogP contribution in [0.2, 0.25) is 0 Å². The smallest absolute Gasteiger partial charge is 0.293 e. The minimum Gasteiger partial charge on any atom is -0.436 e. The summed E-state index contributed by atoms with van der Waals surface area (Å²) >= 11 is 0. The molecule has 1 amide bonds. The van der Waals surface area contributed by atoms with Gasteiger partial charge in [-0.25, -0.2) is 4.98 Å². The minimum atomic E-state index is -0.467. The Kier molecular flexibility index (Phi) is 5.74. The topological polar surface area (TPSA) is 111 Å². The van der Waals surface area contributed by atoms with Gasteiger partial charge in [0.05, 0.1) is 29.4 Å². The molecule has 0 unspecified atom stereocenters. The molecule has 0 saturated carbocycles. The number of rotatable bonds is 5. The average Bonchev–Trinajstić information content (AvgIpc) is 3.38. The number of para-hydroxylation sites is 1. The molecule has 0 spiro atoms. The van der Waals surface area contributed by atoms with Crippen LogP contribution in [0.15, 0.2) is 83.3 Å². The van der Waals surface area contributed by atoms with Crippen molar-refractivity contribution in [2.75, 3.05) is 36.5 Å². The Bertz CT molecular complexity index is 1660. The summed E-state index contributed by atoms with van der Waals surface area (Å²) in [7, 11) is 0. The van der Waals surface area contributed by atoms with E-state index in [2.05, 4.69) is 5.32 Å². The fourth-order valence-electron chi connectivity index (χ4n) is 4.63. The molecule has 1 fully saturated rings. The van der Waals surface area contributed by atoms with Gasteiger partial charge in [-0.15, -0.1) is 0 Å². The highest BCUT2D eigenvalue weighted by atomic mass is 16.6. The lowest BCUT2D eigenvalue weighted by Gasteiger charge is -2.28. The summed E-state index contributed by atoms with van der Waals surface area (Å²) in [4.78, 5) is 31.2. The predicted octanol–water partition coefficient (Wildman–Crippen LogP) is 5.65. The van der Waals surface area contributed by atoms with Gasteiger partial charge >= 0.3 is 0 Å². The number of nitrogens with one attached hydrogen (secondary N) is 1. The van der Waals surface area contributed by atoms with Crippen LogP contribution in [0.4, 0.5) is 17.1 Å². The van der Waals surface area contributed by atoms with Crippen molar-refractivity contribution in [3.8, 4) is 11.5 Å². The number of hydrogen-bond acceptors (Lipinski definition) is 7. The van der Waals surface area contributed by atoms with Crippen LogP contribution >= 0.6 is 0 Å². The monoisotopic (exact) mass is 494 g/mol. The number of aromatic nitrogens is 1. The molecule has 1 aliphatic rings. The third-order valence-corrected chi connectivity index (χ3v) is 6.48. The number of carbonyl (C=O) groups excluding carboxylic acids is 1. The van der Waals surface area contributed by atoms with E-state index in [1.54, 1.807) is 24.3 Å². The van der Waals surface area contributed by atoms with Crippen molar-refractivity contribution in [2.45, 2.75) is 0 Å². The number of hydrogen-bond donors (Lipinski definition) is 1.